The van der Waals surface area contributed by atoms with Gasteiger partial charge in [-0.05, 0) is 77.6 Å². The van der Waals surface area contributed by atoms with Crippen LogP contribution in [-0.2, 0) is 0 Å². The monoisotopic (exact) mass is 676 g/mol. The van der Waals surface area contributed by atoms with Gasteiger partial charge in [0.1, 0.15) is 0 Å². The lowest BCUT2D eigenvalue weighted by Gasteiger charge is -2.12. The maximum absolute atomic E-state index is 10.0. The van der Waals surface area contributed by atoms with Gasteiger partial charge in [-0.2, -0.15) is 0 Å². The Hall–Kier alpha value is -6.84. The molecule has 0 bridgehead atoms. The first-order chi connectivity index (χ1) is 36.6. The average molecular weight is 677 g/mol. The number of fused-ring (bicyclic) bond motifs is 9. The van der Waals surface area contributed by atoms with E-state index in [4.69, 9.17) is 23.3 Å². The molecule has 0 N–H and O–H groups in total. The van der Waals surface area contributed by atoms with Crippen LogP contribution in [0.5, 0.6) is 0 Å². The summed E-state index contributed by atoms with van der Waals surface area (Å²) in [4.78, 5) is 0. The van der Waals surface area contributed by atoms with Crippen LogP contribution in [0.1, 0.15) is 37.0 Å². The highest BCUT2D eigenvalue weighted by atomic mass is 15.0. The van der Waals surface area contributed by atoms with Crippen molar-refractivity contribution in [2.24, 2.45) is 0 Å². The van der Waals surface area contributed by atoms with Crippen LogP contribution >= 0.6 is 0 Å². The van der Waals surface area contributed by atoms with Gasteiger partial charge in [0.2, 0.25) is 0 Å². The maximum Gasteiger partial charge on any atom is 0.0652 e. The second kappa shape index (κ2) is 10.8. The van der Waals surface area contributed by atoms with Crippen molar-refractivity contribution in [2.75, 3.05) is 0 Å². The summed E-state index contributed by atoms with van der Waals surface area (Å²) in [6.07, 6.45) is 0. The first-order valence-corrected chi connectivity index (χ1v) is 15.3. The molecule has 0 radical (unpaired) electrons. The predicted molar refractivity (Wildman–Crippen MR) is 215 cm³/mol. The molecule has 0 saturated heterocycles. The Labute approximate surface area is 332 Å². The van der Waals surface area contributed by atoms with Crippen LogP contribution in [0.15, 0.2) is 187 Å². The molecule has 0 saturated carbocycles. The molecule has 3 heteroatoms. The molecule has 0 aliphatic carbocycles. The number of nitrogens with zero attached hydrogens (tertiary/aromatic N) is 3. The molecule has 8 aromatic carbocycles. The summed E-state index contributed by atoms with van der Waals surface area (Å²) >= 11 is 0. The largest absolute Gasteiger partial charge is 0.309 e. The van der Waals surface area contributed by atoms with Crippen molar-refractivity contribution in [1.82, 2.24) is 13.7 Å². The third-order valence-electron chi connectivity index (χ3n) is 8.74. The summed E-state index contributed by atoms with van der Waals surface area (Å²) in [5.41, 5.74) is -4.51. The Morgan fingerprint density at radius 2 is 0.804 bits per heavy atom. The van der Waals surface area contributed by atoms with Crippen molar-refractivity contribution in [3.8, 4) is 28.2 Å². The number of rotatable bonds is 4. The van der Waals surface area contributed by atoms with Gasteiger partial charge in [-0.15, -0.1) is 0 Å². The zero-order valence-corrected chi connectivity index (χ0v) is 25.7. The molecule has 11 rings (SSSR count). The van der Waals surface area contributed by atoms with E-state index in [1.165, 1.54) is 24.3 Å². The highest BCUT2D eigenvalue weighted by Gasteiger charge is 2.20. The topological polar surface area (TPSA) is 14.8 Å². The second-order valence-corrected chi connectivity index (χ2v) is 11.3. The maximum atomic E-state index is 10.0. The van der Waals surface area contributed by atoms with E-state index < -0.39 is 234 Å². The highest BCUT2D eigenvalue weighted by molar-refractivity contribution is 6.17. The molecule has 11 aromatic rings. The predicted octanol–water partition coefficient (Wildman–Crippen LogP) is 12.6. The van der Waals surface area contributed by atoms with E-state index in [0.29, 0.717) is 0 Å². The number of hydrogen-bond acceptors (Lipinski definition) is 0. The molecule has 0 spiro atoms. The van der Waals surface area contributed by atoms with Crippen LogP contribution in [0.3, 0.4) is 0 Å². The highest BCUT2D eigenvalue weighted by Crippen LogP contribution is 2.41. The number of benzene rings is 8. The molecule has 3 aromatic heterocycles. The molecular weight excluding hydrogens is 619 g/mol. The van der Waals surface area contributed by atoms with E-state index in [2.05, 4.69) is 0 Å². The molecule has 3 heterocycles. The molecule has 3 nitrogen and oxygen atoms in total. The summed E-state index contributed by atoms with van der Waals surface area (Å²) in [6, 6.07) is -16.0. The zero-order valence-electron chi connectivity index (χ0n) is 52.7. The lowest BCUT2D eigenvalue weighted by molar-refractivity contribution is 1.16. The Morgan fingerprint density at radius 1 is 0.314 bits per heavy atom. The Balaban J connectivity index is 1.36. The van der Waals surface area contributed by atoms with Crippen LogP contribution < -0.4 is 0 Å². The van der Waals surface area contributed by atoms with Gasteiger partial charge in [0.25, 0.3) is 0 Å². The molecule has 51 heavy (non-hydrogen) atoms. The van der Waals surface area contributed by atoms with E-state index in [9.17, 15) is 13.7 Å². The summed E-state index contributed by atoms with van der Waals surface area (Å²) < 4.78 is 246. The smallest absolute Gasteiger partial charge is 0.0652 e. The minimum Gasteiger partial charge on any atom is -0.309 e. The normalized spacial score (nSPS) is 19.3. The van der Waals surface area contributed by atoms with E-state index >= 15 is 0 Å². The van der Waals surface area contributed by atoms with E-state index in [1.54, 1.807) is 0 Å². The van der Waals surface area contributed by atoms with Crippen LogP contribution in [-0.4, -0.2) is 13.7 Å². The lowest BCUT2D eigenvalue weighted by atomic mass is 10.1. The standard InChI is InChI=1S/C48H31N3/c1-2-13-32(14-3-1)33-25-27-34(28-26-33)49-44-22-11-7-18-39(44)48-46(49)23-12-24-47(48)51-43-21-10-6-17-38(43)40-31-35(29-30-45(40)51)50-41-19-8-4-15-36(41)37-16-5-9-20-42(37)50/h1-31H/i1D,2D,3D,4D,5D,6D,7D,8D,9D,10D,11D,12D,13D,14D,15D,16D,17D,18D,19D,20D,21D,22D,23D,24D,29D,30D,31D. The molecule has 0 aliphatic heterocycles. The fraction of sp³-hybridized carbons (Fsp3) is 0. The molecule has 0 atom stereocenters. The molecular formula is C48H31N3. The molecule has 0 aliphatic rings. The molecule has 0 fully saturated rings. The minimum atomic E-state index is -0.986. The Kier molecular flexibility index (Phi) is 2.65. The Bertz CT molecular complexity index is 4580. The van der Waals surface area contributed by atoms with Crippen molar-refractivity contribution in [1.29, 1.82) is 0 Å². The van der Waals surface area contributed by atoms with Crippen LogP contribution in [0.2, 0.25) is 0 Å². The van der Waals surface area contributed by atoms with Crippen molar-refractivity contribution in [2.45, 2.75) is 0 Å². The molecule has 0 amide bonds. The SMILES string of the molecule is [2H]c1c([2H])c([2H])c(-c2ccc(-n3c4c([2H])c([2H])c([2H])c([2H])c4c4c(-n5c6c([2H])c([2H])c([2H])c([2H])c6c6c([2H])c(-n7c8c([2H])c([2H])c([2H])c([2H])c8c8c([2H])c([2H])c([2H])c([2H])c87)c([2H])c([2H])c65)c([2H])c([2H])c([2H])c43)cc2)c([2H])c1[2H]. The van der Waals surface area contributed by atoms with E-state index in [1.807, 2.05) is 0 Å². The van der Waals surface area contributed by atoms with Gasteiger partial charge in [-0.1, -0.05) is 121 Å². The van der Waals surface area contributed by atoms with Crippen LogP contribution in [0.4, 0.5) is 0 Å². The molecule has 238 valence electrons. The van der Waals surface area contributed by atoms with Crippen molar-refractivity contribution >= 4 is 65.4 Å². The Morgan fingerprint density at radius 3 is 1.47 bits per heavy atom. The van der Waals surface area contributed by atoms with Gasteiger partial charge in [0.15, 0.2) is 0 Å². The minimum absolute atomic E-state index is 0.00621. The molecule has 0 unspecified atom stereocenters. The van der Waals surface area contributed by atoms with Gasteiger partial charge in [-0.25, -0.2) is 0 Å². The van der Waals surface area contributed by atoms with Gasteiger partial charge in [-0.3, -0.25) is 0 Å². The summed E-state index contributed by atoms with van der Waals surface area (Å²) in [6.45, 7) is 0. The first-order valence-electron chi connectivity index (χ1n) is 28.8. The van der Waals surface area contributed by atoms with Gasteiger partial charge in [0, 0.05) is 43.7 Å². The van der Waals surface area contributed by atoms with Gasteiger partial charge >= 0.3 is 0 Å². The van der Waals surface area contributed by atoms with Crippen molar-refractivity contribution in [3.63, 3.8) is 0 Å². The average Bonchev–Trinajstić information content (AvgIpc) is 4.26. The van der Waals surface area contributed by atoms with Gasteiger partial charge in [0.05, 0.1) is 75.8 Å². The zero-order chi connectivity index (χ0) is 57.0. The lowest BCUT2D eigenvalue weighted by Crippen LogP contribution is -1.97. The quantitative estimate of drug-likeness (QED) is 0.176. The van der Waals surface area contributed by atoms with E-state index in [-0.39, 0.29) is 22.3 Å². The fourth-order valence-electron chi connectivity index (χ4n) is 6.64. The van der Waals surface area contributed by atoms with Gasteiger partial charge < -0.3 is 13.7 Å². The fourth-order valence-corrected chi connectivity index (χ4v) is 6.64. The van der Waals surface area contributed by atoms with E-state index in [0.717, 1.165) is 13.7 Å². The summed E-state index contributed by atoms with van der Waals surface area (Å²) in [5, 5.41) is -2.84. The van der Waals surface area contributed by atoms with Crippen molar-refractivity contribution in [3.05, 3.63) is 187 Å². The first kappa shape index (κ1) is 12.5. The number of para-hydroxylation sites is 4. The van der Waals surface area contributed by atoms with Crippen LogP contribution in [0.25, 0.3) is 93.6 Å². The second-order valence-electron chi connectivity index (χ2n) is 11.3. The van der Waals surface area contributed by atoms with Crippen LogP contribution in [0, 0.1) is 0 Å². The number of hydrogen-bond donors (Lipinski definition) is 0. The number of aromatic nitrogens is 3. The summed E-state index contributed by atoms with van der Waals surface area (Å²) in [7, 11) is 0. The summed E-state index contributed by atoms with van der Waals surface area (Å²) in [5.74, 6) is 0. The van der Waals surface area contributed by atoms with Crippen molar-refractivity contribution < 1.29 is 37.0 Å². The third-order valence-corrected chi connectivity index (χ3v) is 8.74. The third kappa shape index (κ3) is 4.06.